The van der Waals surface area contributed by atoms with Crippen LogP contribution in [0.4, 0.5) is 5.69 Å². The molecule has 128 valence electrons. The second kappa shape index (κ2) is 7.23. The van der Waals surface area contributed by atoms with Gasteiger partial charge in [-0.15, -0.1) is 11.8 Å². The Bertz CT molecular complexity index is 666. The molecule has 0 radical (unpaired) electrons. The number of hydrogen-bond acceptors (Lipinski definition) is 5. The van der Waals surface area contributed by atoms with Crippen molar-refractivity contribution >= 4 is 35.2 Å². The molecule has 24 heavy (non-hydrogen) atoms. The first kappa shape index (κ1) is 16.8. The van der Waals surface area contributed by atoms with Gasteiger partial charge in [-0.1, -0.05) is 12.1 Å². The molecule has 2 aliphatic heterocycles. The van der Waals surface area contributed by atoms with Crippen LogP contribution in [0.15, 0.2) is 29.2 Å². The van der Waals surface area contributed by atoms with E-state index in [1.54, 1.807) is 4.90 Å². The van der Waals surface area contributed by atoms with Crippen LogP contribution in [0.2, 0.25) is 0 Å². The number of para-hydroxylation sites is 1. The number of carbonyl (C=O) groups is 3. The first-order valence-electron chi connectivity index (χ1n) is 7.70. The van der Waals surface area contributed by atoms with E-state index in [0.717, 1.165) is 10.6 Å². The summed E-state index contributed by atoms with van der Waals surface area (Å²) in [6.07, 6.45) is -0.533. The van der Waals surface area contributed by atoms with Gasteiger partial charge in [0.1, 0.15) is 0 Å². The Morgan fingerprint density at radius 2 is 2.12 bits per heavy atom. The summed E-state index contributed by atoms with van der Waals surface area (Å²) >= 11 is 1.38. The summed E-state index contributed by atoms with van der Waals surface area (Å²) in [5.74, 6) is -1.28. The molecule has 0 aromatic heterocycles. The van der Waals surface area contributed by atoms with Crippen LogP contribution < -0.4 is 5.32 Å². The zero-order valence-corrected chi connectivity index (χ0v) is 13.8. The molecule has 0 aliphatic carbocycles. The van der Waals surface area contributed by atoms with E-state index in [9.17, 15) is 14.4 Å². The lowest BCUT2D eigenvalue weighted by molar-refractivity contribution is -0.147. The molecule has 1 fully saturated rings. The Morgan fingerprint density at radius 3 is 2.92 bits per heavy atom. The van der Waals surface area contributed by atoms with Crippen molar-refractivity contribution in [1.29, 1.82) is 0 Å². The molecular weight excluding hydrogens is 332 g/mol. The predicted molar refractivity (Wildman–Crippen MR) is 87.9 cm³/mol. The van der Waals surface area contributed by atoms with Crippen molar-refractivity contribution in [2.45, 2.75) is 29.1 Å². The first-order chi connectivity index (χ1) is 11.5. The van der Waals surface area contributed by atoms with E-state index in [1.807, 2.05) is 24.3 Å². The largest absolute Gasteiger partial charge is 0.481 e. The summed E-state index contributed by atoms with van der Waals surface area (Å²) in [5, 5.41) is 11.2. The molecule has 2 amide bonds. The lowest BCUT2D eigenvalue weighted by atomic mass is 10.1. The minimum Gasteiger partial charge on any atom is -0.481 e. The van der Waals surface area contributed by atoms with Crippen LogP contribution in [0.1, 0.15) is 12.8 Å². The number of fused-ring (bicyclic) bond motifs is 1. The average molecular weight is 350 g/mol. The normalized spacial score (nSPS) is 23.3. The number of ether oxygens (including phenoxy) is 1. The zero-order valence-electron chi connectivity index (χ0n) is 12.9. The highest BCUT2D eigenvalue weighted by Gasteiger charge is 2.32. The molecule has 1 aromatic rings. The Kier molecular flexibility index (Phi) is 5.06. The fourth-order valence-electron chi connectivity index (χ4n) is 2.78. The number of amides is 2. The van der Waals surface area contributed by atoms with Gasteiger partial charge in [-0.3, -0.25) is 14.4 Å². The van der Waals surface area contributed by atoms with Gasteiger partial charge < -0.3 is 20.1 Å². The van der Waals surface area contributed by atoms with Gasteiger partial charge in [0.15, 0.2) is 0 Å². The highest BCUT2D eigenvalue weighted by molar-refractivity contribution is 8.01. The Hall–Kier alpha value is -2.06. The molecule has 3 rings (SSSR count). The van der Waals surface area contributed by atoms with E-state index in [-0.39, 0.29) is 31.2 Å². The number of thioether (sulfide) groups is 1. The van der Waals surface area contributed by atoms with Crippen molar-refractivity contribution in [1.82, 2.24) is 4.90 Å². The lowest BCUT2D eigenvalue weighted by Gasteiger charge is -2.33. The highest BCUT2D eigenvalue weighted by Crippen LogP contribution is 2.36. The molecule has 0 saturated carbocycles. The van der Waals surface area contributed by atoms with Crippen LogP contribution in [-0.2, 0) is 19.1 Å². The third-order valence-corrected chi connectivity index (χ3v) is 5.24. The second-order valence-electron chi connectivity index (χ2n) is 5.73. The maximum atomic E-state index is 12.5. The van der Waals surface area contributed by atoms with Gasteiger partial charge in [0.25, 0.3) is 0 Å². The third-order valence-electron chi connectivity index (χ3n) is 3.96. The van der Waals surface area contributed by atoms with Crippen molar-refractivity contribution < 1.29 is 24.2 Å². The van der Waals surface area contributed by atoms with Crippen molar-refractivity contribution in [3.05, 3.63) is 24.3 Å². The third kappa shape index (κ3) is 3.88. The number of nitrogens with zero attached hydrogens (tertiary/aromatic N) is 1. The van der Waals surface area contributed by atoms with Crippen LogP contribution in [0, 0.1) is 0 Å². The summed E-state index contributed by atoms with van der Waals surface area (Å²) in [6, 6.07) is 7.48. The summed E-state index contributed by atoms with van der Waals surface area (Å²) in [5.41, 5.74) is 0.768. The molecule has 2 N–H and O–H groups in total. The number of morpholine rings is 1. The quantitative estimate of drug-likeness (QED) is 0.847. The first-order valence-corrected chi connectivity index (χ1v) is 8.58. The maximum absolute atomic E-state index is 12.5. The summed E-state index contributed by atoms with van der Waals surface area (Å²) in [7, 11) is 0. The number of carboxylic acids is 1. The minimum atomic E-state index is -0.951. The molecule has 1 aromatic carbocycles. The van der Waals surface area contributed by atoms with Crippen molar-refractivity contribution in [2.75, 3.05) is 25.0 Å². The van der Waals surface area contributed by atoms with Gasteiger partial charge >= 0.3 is 5.97 Å². The molecule has 7 nitrogen and oxygen atoms in total. The van der Waals surface area contributed by atoms with Crippen LogP contribution >= 0.6 is 11.8 Å². The average Bonchev–Trinajstić information content (AvgIpc) is 2.55. The van der Waals surface area contributed by atoms with E-state index < -0.39 is 17.3 Å². The molecular formula is C16H18N2O5S. The molecule has 0 unspecified atom stereocenters. The fraction of sp³-hybridized carbons (Fsp3) is 0.438. The van der Waals surface area contributed by atoms with Gasteiger partial charge in [-0.2, -0.15) is 0 Å². The van der Waals surface area contributed by atoms with E-state index in [4.69, 9.17) is 9.84 Å². The van der Waals surface area contributed by atoms with E-state index >= 15 is 0 Å². The Labute approximate surface area is 143 Å². The number of rotatable bonds is 4. The molecule has 8 heteroatoms. The van der Waals surface area contributed by atoms with Crippen LogP contribution in [0.5, 0.6) is 0 Å². The van der Waals surface area contributed by atoms with Crippen LogP contribution in [-0.4, -0.2) is 58.8 Å². The van der Waals surface area contributed by atoms with E-state index in [0.29, 0.717) is 13.2 Å². The maximum Gasteiger partial charge on any atom is 0.306 e. The topological polar surface area (TPSA) is 95.9 Å². The number of anilines is 1. The summed E-state index contributed by atoms with van der Waals surface area (Å²) < 4.78 is 5.37. The zero-order chi connectivity index (χ0) is 17.1. The molecule has 2 heterocycles. The van der Waals surface area contributed by atoms with E-state index in [1.165, 1.54) is 11.8 Å². The summed E-state index contributed by atoms with van der Waals surface area (Å²) in [4.78, 5) is 38.0. The number of carbonyl (C=O) groups excluding carboxylic acids is 2. The lowest BCUT2D eigenvalue weighted by Crippen LogP contribution is -2.47. The Balaban J connectivity index is 1.60. The van der Waals surface area contributed by atoms with Gasteiger partial charge in [0.2, 0.25) is 11.8 Å². The number of benzene rings is 1. The van der Waals surface area contributed by atoms with Crippen molar-refractivity contribution in [3.8, 4) is 0 Å². The number of carboxylic acid groups (broad SMARTS) is 1. The van der Waals surface area contributed by atoms with Gasteiger partial charge in [-0.25, -0.2) is 0 Å². The number of hydrogen-bond donors (Lipinski definition) is 2. The standard InChI is InChI=1S/C16H18N2O5S/c19-14(18-5-6-23-10(9-18)7-15(20)21)8-13-16(22)17-11-3-1-2-4-12(11)24-13/h1-4,10,13H,5-9H2,(H,17,22)(H,20,21)/t10-,13+/m1/s1. The highest BCUT2D eigenvalue weighted by atomic mass is 32.2. The number of nitrogens with one attached hydrogen (secondary N) is 1. The van der Waals surface area contributed by atoms with Crippen molar-refractivity contribution in [2.24, 2.45) is 0 Å². The van der Waals surface area contributed by atoms with Crippen LogP contribution in [0.25, 0.3) is 0 Å². The van der Waals surface area contributed by atoms with Gasteiger partial charge in [0.05, 0.1) is 30.1 Å². The molecule has 1 saturated heterocycles. The number of aliphatic carboxylic acids is 1. The SMILES string of the molecule is O=C(O)C[C@@H]1CN(C(=O)C[C@@H]2Sc3ccccc3NC2=O)CCO1. The van der Waals surface area contributed by atoms with Gasteiger partial charge in [-0.05, 0) is 12.1 Å². The second-order valence-corrected chi connectivity index (χ2v) is 6.97. The fourth-order valence-corrected chi connectivity index (χ4v) is 3.88. The minimum absolute atomic E-state index is 0.0879. The molecule has 0 spiro atoms. The molecule has 2 aliphatic rings. The monoisotopic (exact) mass is 350 g/mol. The van der Waals surface area contributed by atoms with Gasteiger partial charge in [0, 0.05) is 24.4 Å². The smallest absolute Gasteiger partial charge is 0.306 e. The predicted octanol–water partition coefficient (Wildman–Crippen LogP) is 1.19. The molecule has 0 bridgehead atoms. The van der Waals surface area contributed by atoms with Crippen molar-refractivity contribution in [3.63, 3.8) is 0 Å². The Morgan fingerprint density at radius 1 is 1.33 bits per heavy atom. The van der Waals surface area contributed by atoms with Crippen LogP contribution in [0.3, 0.4) is 0 Å². The summed E-state index contributed by atoms with van der Waals surface area (Å²) in [6.45, 7) is 0.988. The molecule has 2 atom stereocenters. The van der Waals surface area contributed by atoms with E-state index in [2.05, 4.69) is 5.32 Å².